The molecule has 0 fully saturated rings. The monoisotopic (exact) mass is 378 g/mol. The van der Waals surface area contributed by atoms with Crippen LogP contribution in [0.1, 0.15) is 65.2 Å². The number of fused-ring (bicyclic) bond motifs is 1. The fourth-order valence-electron chi connectivity index (χ4n) is 3.61. The molecule has 4 nitrogen and oxygen atoms in total. The van der Waals surface area contributed by atoms with Crippen molar-refractivity contribution in [2.24, 2.45) is 0 Å². The van der Waals surface area contributed by atoms with Gasteiger partial charge in [0.1, 0.15) is 5.58 Å². The first-order valence-electron chi connectivity index (χ1n) is 9.86. The van der Waals surface area contributed by atoms with Gasteiger partial charge in [0.25, 0.3) is 0 Å². The molecule has 3 aromatic rings. The molecular formula is C24H26O4. The van der Waals surface area contributed by atoms with Gasteiger partial charge in [0.15, 0.2) is 5.78 Å². The van der Waals surface area contributed by atoms with Crippen molar-refractivity contribution >= 4 is 22.7 Å². The largest absolute Gasteiger partial charge is 0.481 e. The lowest BCUT2D eigenvalue weighted by molar-refractivity contribution is -0.136. The molecule has 0 amide bonds. The highest BCUT2D eigenvalue weighted by Crippen LogP contribution is 2.29. The van der Waals surface area contributed by atoms with Crippen molar-refractivity contribution in [2.45, 2.75) is 52.4 Å². The van der Waals surface area contributed by atoms with Crippen LogP contribution in [-0.4, -0.2) is 16.9 Å². The summed E-state index contributed by atoms with van der Waals surface area (Å²) in [6.07, 6.45) is 7.28. The van der Waals surface area contributed by atoms with Gasteiger partial charge in [0, 0.05) is 10.9 Å². The quantitative estimate of drug-likeness (QED) is 0.382. The van der Waals surface area contributed by atoms with E-state index in [-0.39, 0.29) is 12.2 Å². The van der Waals surface area contributed by atoms with Crippen molar-refractivity contribution in [3.8, 4) is 0 Å². The number of carboxylic acid groups (broad SMARTS) is 1. The summed E-state index contributed by atoms with van der Waals surface area (Å²) in [5.41, 5.74) is 4.09. The molecule has 0 saturated carbocycles. The van der Waals surface area contributed by atoms with E-state index < -0.39 is 5.97 Å². The van der Waals surface area contributed by atoms with Crippen molar-refractivity contribution < 1.29 is 19.1 Å². The van der Waals surface area contributed by atoms with Crippen LogP contribution in [0.25, 0.3) is 11.0 Å². The summed E-state index contributed by atoms with van der Waals surface area (Å²) >= 11 is 0. The Morgan fingerprint density at radius 3 is 2.46 bits per heavy atom. The lowest BCUT2D eigenvalue weighted by atomic mass is 9.92. The zero-order valence-electron chi connectivity index (χ0n) is 16.5. The van der Waals surface area contributed by atoms with Crippen LogP contribution >= 0.6 is 0 Å². The Kier molecular flexibility index (Phi) is 6.30. The van der Waals surface area contributed by atoms with Crippen LogP contribution in [0.2, 0.25) is 0 Å². The van der Waals surface area contributed by atoms with Gasteiger partial charge >= 0.3 is 5.97 Å². The van der Waals surface area contributed by atoms with Crippen molar-refractivity contribution in [3.63, 3.8) is 0 Å². The number of unbranched alkanes of at least 4 members (excludes halogenated alkanes) is 3. The molecule has 0 unspecified atom stereocenters. The van der Waals surface area contributed by atoms with Gasteiger partial charge in [-0.25, -0.2) is 0 Å². The van der Waals surface area contributed by atoms with Crippen LogP contribution < -0.4 is 0 Å². The van der Waals surface area contributed by atoms with Gasteiger partial charge in [-0.2, -0.15) is 0 Å². The van der Waals surface area contributed by atoms with Crippen LogP contribution in [0, 0.1) is 6.92 Å². The molecule has 1 aromatic heterocycles. The molecule has 0 radical (unpaired) electrons. The van der Waals surface area contributed by atoms with E-state index in [9.17, 15) is 14.7 Å². The molecular weight excluding hydrogens is 352 g/mol. The molecule has 0 aliphatic heterocycles. The average molecular weight is 378 g/mol. The minimum absolute atomic E-state index is 0.121. The molecule has 146 valence electrons. The SMILES string of the molecule is CCCCCCc1ccc(C(=O)c2c(C)c(CC(=O)O)cc3ccoc23)cc1. The van der Waals surface area contributed by atoms with Crippen LogP contribution in [0.4, 0.5) is 0 Å². The standard InChI is InChI=1S/C24H26O4/c1-3-4-5-6-7-17-8-10-18(11-9-17)23(27)22-16(2)20(15-21(25)26)14-19-12-13-28-24(19)22/h8-14H,3-7,15H2,1-2H3,(H,25,26). The molecule has 1 N–H and O–H groups in total. The zero-order chi connectivity index (χ0) is 20.1. The number of carbonyl (C=O) groups is 2. The Hall–Kier alpha value is -2.88. The van der Waals surface area contributed by atoms with Crippen molar-refractivity contribution in [2.75, 3.05) is 0 Å². The second kappa shape index (κ2) is 8.87. The predicted molar refractivity (Wildman–Crippen MR) is 110 cm³/mol. The van der Waals surface area contributed by atoms with E-state index in [0.29, 0.717) is 27.8 Å². The third-order valence-electron chi connectivity index (χ3n) is 5.21. The number of ketones is 1. The highest BCUT2D eigenvalue weighted by molar-refractivity contribution is 6.16. The van der Waals surface area contributed by atoms with E-state index in [0.717, 1.165) is 18.2 Å². The molecule has 0 aliphatic carbocycles. The minimum atomic E-state index is -0.920. The van der Waals surface area contributed by atoms with Gasteiger partial charge in [-0.15, -0.1) is 0 Å². The molecule has 0 atom stereocenters. The van der Waals surface area contributed by atoms with Gasteiger partial charge in [-0.3, -0.25) is 9.59 Å². The number of aliphatic carboxylic acids is 1. The molecule has 2 aromatic carbocycles. The van der Waals surface area contributed by atoms with Gasteiger partial charge in [0.2, 0.25) is 0 Å². The molecule has 4 heteroatoms. The highest BCUT2D eigenvalue weighted by Gasteiger charge is 2.21. The van der Waals surface area contributed by atoms with Gasteiger partial charge in [-0.05, 0) is 48.6 Å². The summed E-state index contributed by atoms with van der Waals surface area (Å²) in [7, 11) is 0. The first kappa shape index (κ1) is 19.9. The highest BCUT2D eigenvalue weighted by atomic mass is 16.4. The Balaban J connectivity index is 1.89. The maximum absolute atomic E-state index is 13.2. The topological polar surface area (TPSA) is 67.5 Å². The van der Waals surface area contributed by atoms with E-state index in [1.54, 1.807) is 19.1 Å². The maximum Gasteiger partial charge on any atom is 0.307 e. The number of hydrogen-bond donors (Lipinski definition) is 1. The third kappa shape index (κ3) is 4.33. The lowest BCUT2D eigenvalue weighted by Gasteiger charge is -2.11. The lowest BCUT2D eigenvalue weighted by Crippen LogP contribution is -2.09. The number of aryl methyl sites for hydroxylation is 1. The second-order valence-electron chi connectivity index (χ2n) is 7.28. The Morgan fingerprint density at radius 1 is 1.04 bits per heavy atom. The number of benzene rings is 2. The predicted octanol–water partition coefficient (Wildman–Crippen LogP) is 5.72. The maximum atomic E-state index is 13.2. The van der Waals surface area contributed by atoms with Gasteiger partial charge in [-0.1, -0.05) is 50.5 Å². The smallest absolute Gasteiger partial charge is 0.307 e. The van der Waals surface area contributed by atoms with Crippen LogP contribution in [-0.2, 0) is 17.6 Å². The summed E-state index contributed by atoms with van der Waals surface area (Å²) in [6, 6.07) is 11.3. The summed E-state index contributed by atoms with van der Waals surface area (Å²) in [6.45, 7) is 3.99. The van der Waals surface area contributed by atoms with E-state index >= 15 is 0 Å². The molecule has 0 aliphatic rings. The Bertz CT molecular complexity index is 980. The minimum Gasteiger partial charge on any atom is -0.481 e. The Labute approximate surface area is 165 Å². The molecule has 0 spiro atoms. The van der Waals surface area contributed by atoms with Gasteiger partial charge in [0.05, 0.1) is 18.2 Å². The van der Waals surface area contributed by atoms with Crippen LogP contribution in [0.3, 0.4) is 0 Å². The fourth-order valence-corrected chi connectivity index (χ4v) is 3.61. The average Bonchev–Trinajstić information content (AvgIpc) is 3.13. The van der Waals surface area contributed by atoms with Crippen molar-refractivity contribution in [1.29, 1.82) is 0 Å². The summed E-state index contributed by atoms with van der Waals surface area (Å²) in [5, 5.41) is 9.94. The van der Waals surface area contributed by atoms with E-state index in [1.165, 1.54) is 31.1 Å². The van der Waals surface area contributed by atoms with E-state index in [4.69, 9.17) is 4.42 Å². The summed E-state index contributed by atoms with van der Waals surface area (Å²) < 4.78 is 5.56. The fraction of sp³-hybridized carbons (Fsp3) is 0.333. The van der Waals surface area contributed by atoms with Crippen LogP contribution in [0.5, 0.6) is 0 Å². The van der Waals surface area contributed by atoms with Crippen molar-refractivity contribution in [3.05, 3.63) is 70.5 Å². The molecule has 0 saturated heterocycles. The normalized spacial score (nSPS) is 11.1. The second-order valence-corrected chi connectivity index (χ2v) is 7.28. The third-order valence-corrected chi connectivity index (χ3v) is 5.21. The number of furan rings is 1. The molecule has 0 bridgehead atoms. The zero-order valence-corrected chi connectivity index (χ0v) is 16.5. The number of rotatable bonds is 9. The molecule has 28 heavy (non-hydrogen) atoms. The van der Waals surface area contributed by atoms with E-state index in [1.807, 2.05) is 24.3 Å². The molecule has 3 rings (SSSR count). The van der Waals surface area contributed by atoms with E-state index in [2.05, 4.69) is 6.92 Å². The van der Waals surface area contributed by atoms with Crippen LogP contribution in [0.15, 0.2) is 47.1 Å². The van der Waals surface area contributed by atoms with Gasteiger partial charge < -0.3 is 9.52 Å². The first-order valence-corrected chi connectivity index (χ1v) is 9.86. The Morgan fingerprint density at radius 2 is 1.79 bits per heavy atom. The molecule has 1 heterocycles. The first-order chi connectivity index (χ1) is 13.5. The summed E-state index contributed by atoms with van der Waals surface area (Å²) in [4.78, 5) is 24.4. The number of carboxylic acids is 1. The number of hydrogen-bond acceptors (Lipinski definition) is 3. The summed E-state index contributed by atoms with van der Waals surface area (Å²) in [5.74, 6) is -1.06. The van der Waals surface area contributed by atoms with Crippen molar-refractivity contribution in [1.82, 2.24) is 0 Å². The number of carbonyl (C=O) groups excluding carboxylic acids is 1.